The lowest BCUT2D eigenvalue weighted by Crippen LogP contribution is -2.47. The van der Waals surface area contributed by atoms with Crippen LogP contribution in [0.4, 0.5) is 0 Å². The first-order valence-corrected chi connectivity index (χ1v) is 7.03. The zero-order valence-electron chi connectivity index (χ0n) is 10.5. The van der Waals surface area contributed by atoms with Crippen LogP contribution in [0.2, 0.25) is 10.0 Å². The van der Waals surface area contributed by atoms with E-state index < -0.39 is 0 Å². The Bertz CT molecular complexity index is 479. The van der Waals surface area contributed by atoms with E-state index in [9.17, 15) is 0 Å². The van der Waals surface area contributed by atoms with Gasteiger partial charge in [-0.2, -0.15) is 0 Å². The molecule has 3 N–H and O–H groups in total. The van der Waals surface area contributed by atoms with Crippen molar-refractivity contribution in [2.24, 2.45) is 10.9 Å². The van der Waals surface area contributed by atoms with Crippen LogP contribution in [0.3, 0.4) is 0 Å². The molecular formula is C13H17Cl2N3O. The molecule has 104 valence electrons. The molecule has 1 aliphatic rings. The smallest absolute Gasteiger partial charge is 0.156 e. The van der Waals surface area contributed by atoms with E-state index in [0.29, 0.717) is 10.0 Å². The summed E-state index contributed by atoms with van der Waals surface area (Å²) in [5, 5.41) is 13.1. The van der Waals surface area contributed by atoms with Crippen molar-refractivity contribution in [2.45, 2.75) is 31.8 Å². The number of likely N-dealkylation sites (tertiary alicyclic amines) is 1. The number of amidine groups is 1. The third-order valence-electron chi connectivity index (χ3n) is 3.44. The summed E-state index contributed by atoms with van der Waals surface area (Å²) >= 11 is 11.9. The molecule has 0 saturated carbocycles. The zero-order chi connectivity index (χ0) is 13.8. The van der Waals surface area contributed by atoms with Gasteiger partial charge in [-0.1, -0.05) is 40.8 Å². The normalized spacial score (nSPS) is 21.6. The van der Waals surface area contributed by atoms with Crippen LogP contribution in [0.5, 0.6) is 0 Å². The first-order valence-electron chi connectivity index (χ1n) is 6.27. The quantitative estimate of drug-likeness (QED) is 0.390. The number of piperidine rings is 1. The van der Waals surface area contributed by atoms with E-state index in [1.807, 2.05) is 12.1 Å². The molecule has 1 atom stereocenters. The van der Waals surface area contributed by atoms with Gasteiger partial charge in [-0.05, 0) is 37.1 Å². The lowest BCUT2D eigenvalue weighted by atomic mass is 10.0. The maximum Gasteiger partial charge on any atom is 0.156 e. The van der Waals surface area contributed by atoms with Crippen LogP contribution in [0, 0.1) is 0 Å². The molecule has 1 aromatic rings. The number of nitrogens with zero attached hydrogens (tertiary/aromatic N) is 2. The molecule has 1 unspecified atom stereocenters. The summed E-state index contributed by atoms with van der Waals surface area (Å²) in [5.74, 6) is 0.278. The molecule has 1 aliphatic heterocycles. The van der Waals surface area contributed by atoms with E-state index >= 15 is 0 Å². The molecule has 0 aromatic heterocycles. The molecule has 0 amide bonds. The molecule has 0 spiro atoms. The lowest BCUT2D eigenvalue weighted by molar-refractivity contribution is 0.178. The minimum Gasteiger partial charge on any atom is -0.409 e. The zero-order valence-corrected chi connectivity index (χ0v) is 12.0. The Morgan fingerprint density at radius 2 is 2.16 bits per heavy atom. The SMILES string of the molecule is NC(=NO)C1CCCCN1Cc1ccc(Cl)c(Cl)c1. The third kappa shape index (κ3) is 3.53. The first kappa shape index (κ1) is 14.4. The molecule has 1 aromatic carbocycles. The van der Waals surface area contributed by atoms with E-state index in [1.54, 1.807) is 6.07 Å². The second-order valence-corrected chi connectivity index (χ2v) is 5.57. The minimum atomic E-state index is -0.00629. The highest BCUT2D eigenvalue weighted by Crippen LogP contribution is 2.25. The van der Waals surface area contributed by atoms with Crippen LogP contribution in [0.25, 0.3) is 0 Å². The Kier molecular flexibility index (Phi) is 4.91. The van der Waals surface area contributed by atoms with Crippen molar-refractivity contribution in [1.82, 2.24) is 4.90 Å². The Hall–Kier alpha value is -0.970. The van der Waals surface area contributed by atoms with E-state index in [4.69, 9.17) is 34.1 Å². The summed E-state index contributed by atoms with van der Waals surface area (Å²) in [6, 6.07) is 5.60. The number of oxime groups is 1. The standard InChI is InChI=1S/C13H17Cl2N3O/c14-10-5-4-9(7-11(10)15)8-18-6-2-1-3-12(18)13(16)17-19/h4-5,7,12,19H,1-3,6,8H2,(H2,16,17). The van der Waals surface area contributed by atoms with Crippen LogP contribution in [0.1, 0.15) is 24.8 Å². The van der Waals surface area contributed by atoms with Crippen molar-refractivity contribution in [3.63, 3.8) is 0 Å². The van der Waals surface area contributed by atoms with Gasteiger partial charge in [-0.15, -0.1) is 0 Å². The Balaban J connectivity index is 2.12. The van der Waals surface area contributed by atoms with Crippen molar-refractivity contribution < 1.29 is 5.21 Å². The summed E-state index contributed by atoms with van der Waals surface area (Å²) in [5.41, 5.74) is 6.83. The van der Waals surface area contributed by atoms with Gasteiger partial charge in [0.25, 0.3) is 0 Å². The van der Waals surface area contributed by atoms with Gasteiger partial charge in [0.05, 0.1) is 16.1 Å². The van der Waals surface area contributed by atoms with E-state index in [-0.39, 0.29) is 11.9 Å². The molecule has 2 rings (SSSR count). The summed E-state index contributed by atoms with van der Waals surface area (Å²) in [6.07, 6.45) is 3.13. The fourth-order valence-electron chi connectivity index (χ4n) is 2.45. The van der Waals surface area contributed by atoms with Gasteiger partial charge in [0.15, 0.2) is 5.84 Å². The second kappa shape index (κ2) is 6.46. The topological polar surface area (TPSA) is 61.9 Å². The van der Waals surface area contributed by atoms with Crippen molar-refractivity contribution in [1.29, 1.82) is 0 Å². The molecule has 4 nitrogen and oxygen atoms in total. The van der Waals surface area contributed by atoms with Gasteiger partial charge in [-0.3, -0.25) is 4.90 Å². The molecule has 1 fully saturated rings. The Labute approximate surface area is 122 Å². The number of rotatable bonds is 3. The van der Waals surface area contributed by atoms with Crippen LogP contribution in [-0.4, -0.2) is 28.5 Å². The highest BCUT2D eigenvalue weighted by atomic mass is 35.5. The van der Waals surface area contributed by atoms with E-state index in [2.05, 4.69) is 10.1 Å². The fourth-order valence-corrected chi connectivity index (χ4v) is 2.78. The average molecular weight is 302 g/mol. The summed E-state index contributed by atoms with van der Waals surface area (Å²) < 4.78 is 0. The van der Waals surface area contributed by atoms with Crippen LogP contribution < -0.4 is 5.73 Å². The summed E-state index contributed by atoms with van der Waals surface area (Å²) in [6.45, 7) is 1.65. The van der Waals surface area contributed by atoms with E-state index in [0.717, 1.165) is 37.9 Å². The van der Waals surface area contributed by atoms with Crippen molar-refractivity contribution >= 4 is 29.0 Å². The maximum atomic E-state index is 8.85. The number of hydrogen-bond donors (Lipinski definition) is 2. The van der Waals surface area contributed by atoms with Gasteiger partial charge < -0.3 is 10.9 Å². The number of benzene rings is 1. The fraction of sp³-hybridized carbons (Fsp3) is 0.462. The van der Waals surface area contributed by atoms with Gasteiger partial charge in [0.1, 0.15) is 0 Å². The lowest BCUT2D eigenvalue weighted by Gasteiger charge is -2.34. The van der Waals surface area contributed by atoms with Gasteiger partial charge in [0, 0.05) is 6.54 Å². The minimum absolute atomic E-state index is 0.00629. The molecule has 6 heteroatoms. The molecule has 0 radical (unpaired) electrons. The van der Waals surface area contributed by atoms with Gasteiger partial charge in [0.2, 0.25) is 0 Å². The molecule has 0 bridgehead atoms. The monoisotopic (exact) mass is 301 g/mol. The van der Waals surface area contributed by atoms with Crippen molar-refractivity contribution in [3.05, 3.63) is 33.8 Å². The molecule has 1 heterocycles. The van der Waals surface area contributed by atoms with Crippen molar-refractivity contribution in [2.75, 3.05) is 6.54 Å². The van der Waals surface area contributed by atoms with Gasteiger partial charge in [-0.25, -0.2) is 0 Å². The summed E-state index contributed by atoms with van der Waals surface area (Å²) in [7, 11) is 0. The number of nitrogens with two attached hydrogens (primary N) is 1. The third-order valence-corrected chi connectivity index (χ3v) is 4.18. The summed E-state index contributed by atoms with van der Waals surface area (Å²) in [4.78, 5) is 2.21. The molecular weight excluding hydrogens is 285 g/mol. The predicted molar refractivity (Wildman–Crippen MR) is 77.9 cm³/mol. The number of hydrogen-bond acceptors (Lipinski definition) is 3. The van der Waals surface area contributed by atoms with E-state index in [1.165, 1.54) is 0 Å². The largest absolute Gasteiger partial charge is 0.409 e. The average Bonchev–Trinajstić information content (AvgIpc) is 2.43. The molecule has 1 saturated heterocycles. The van der Waals surface area contributed by atoms with Crippen LogP contribution >= 0.6 is 23.2 Å². The Morgan fingerprint density at radius 3 is 2.84 bits per heavy atom. The van der Waals surface area contributed by atoms with Gasteiger partial charge >= 0.3 is 0 Å². The highest BCUT2D eigenvalue weighted by molar-refractivity contribution is 6.42. The highest BCUT2D eigenvalue weighted by Gasteiger charge is 2.25. The maximum absolute atomic E-state index is 8.85. The molecule has 0 aliphatic carbocycles. The van der Waals surface area contributed by atoms with Crippen molar-refractivity contribution in [3.8, 4) is 0 Å². The second-order valence-electron chi connectivity index (χ2n) is 4.76. The molecule has 19 heavy (non-hydrogen) atoms. The first-order chi connectivity index (χ1) is 9.11. The Morgan fingerprint density at radius 1 is 1.37 bits per heavy atom. The van der Waals surface area contributed by atoms with Crippen LogP contribution in [-0.2, 0) is 6.54 Å². The van der Waals surface area contributed by atoms with Crippen LogP contribution in [0.15, 0.2) is 23.4 Å². The predicted octanol–water partition coefficient (Wildman–Crippen LogP) is 3.09. The number of halogens is 2.